The maximum atomic E-state index is 4.34. The van der Waals surface area contributed by atoms with Crippen molar-refractivity contribution in [2.45, 2.75) is 6.04 Å². The topological polar surface area (TPSA) is 60.6 Å². The molecule has 2 aromatic heterocycles. The molecule has 6 nitrogen and oxygen atoms in total. The highest BCUT2D eigenvalue weighted by Gasteiger charge is 2.23. The number of halogens is 1. The third-order valence-corrected chi connectivity index (χ3v) is 3.07. The van der Waals surface area contributed by atoms with E-state index in [0.29, 0.717) is 0 Å². The van der Waals surface area contributed by atoms with Crippen molar-refractivity contribution in [3.63, 3.8) is 0 Å². The summed E-state index contributed by atoms with van der Waals surface area (Å²) in [6.45, 7) is 0. The summed E-state index contributed by atoms with van der Waals surface area (Å²) in [7, 11) is 5.71. The Morgan fingerprint density at radius 1 is 1.44 bits per heavy atom. The van der Waals surface area contributed by atoms with Crippen molar-refractivity contribution in [2.75, 3.05) is 7.05 Å². The van der Waals surface area contributed by atoms with Crippen molar-refractivity contribution in [3.8, 4) is 0 Å². The van der Waals surface area contributed by atoms with Gasteiger partial charge in [-0.25, -0.2) is 9.67 Å². The van der Waals surface area contributed by atoms with Gasteiger partial charge in [-0.1, -0.05) is 5.21 Å². The zero-order chi connectivity index (χ0) is 11.7. The Morgan fingerprint density at radius 3 is 2.62 bits per heavy atom. The van der Waals surface area contributed by atoms with E-state index in [0.717, 1.165) is 16.1 Å². The van der Waals surface area contributed by atoms with E-state index in [9.17, 15) is 0 Å². The van der Waals surface area contributed by atoms with Gasteiger partial charge in [-0.05, 0) is 23.0 Å². The average Bonchev–Trinajstić information content (AvgIpc) is 2.80. The van der Waals surface area contributed by atoms with Crippen molar-refractivity contribution < 1.29 is 0 Å². The average molecular weight is 285 g/mol. The van der Waals surface area contributed by atoms with Crippen molar-refractivity contribution in [1.29, 1.82) is 0 Å². The highest BCUT2D eigenvalue weighted by molar-refractivity contribution is 9.10. The van der Waals surface area contributed by atoms with Crippen LogP contribution in [0.3, 0.4) is 0 Å². The fourth-order valence-electron chi connectivity index (χ4n) is 1.69. The molecule has 0 radical (unpaired) electrons. The quantitative estimate of drug-likeness (QED) is 0.898. The van der Waals surface area contributed by atoms with Gasteiger partial charge in [0.25, 0.3) is 0 Å². The molecule has 0 saturated carbocycles. The molecule has 2 rings (SSSR count). The molecule has 0 fully saturated rings. The summed E-state index contributed by atoms with van der Waals surface area (Å²) in [4.78, 5) is 4.34. The largest absolute Gasteiger partial charge is 0.336 e. The second-order valence-electron chi connectivity index (χ2n) is 3.51. The maximum Gasteiger partial charge on any atom is 0.153 e. The number of hydrogen-bond donors (Lipinski definition) is 1. The first kappa shape index (κ1) is 11.3. The van der Waals surface area contributed by atoms with Crippen LogP contribution in [0.4, 0.5) is 0 Å². The minimum absolute atomic E-state index is 0.0330. The first-order chi connectivity index (χ1) is 7.65. The molecule has 0 aliphatic carbocycles. The lowest BCUT2D eigenvalue weighted by Gasteiger charge is -2.16. The smallest absolute Gasteiger partial charge is 0.153 e. The number of aromatic nitrogens is 5. The molecule has 2 heterocycles. The van der Waals surface area contributed by atoms with E-state index >= 15 is 0 Å². The standard InChI is InChI=1S/C9H13BrN6/c1-11-6(9-12-4-5-15(9)2)7-8(10)13-14-16(7)3/h4-6,11H,1-3H3. The fourth-order valence-corrected chi connectivity index (χ4v) is 2.25. The summed E-state index contributed by atoms with van der Waals surface area (Å²) >= 11 is 3.40. The molecule has 0 aliphatic rings. The molecular weight excluding hydrogens is 272 g/mol. The third kappa shape index (κ3) is 1.76. The minimum Gasteiger partial charge on any atom is -0.336 e. The zero-order valence-electron chi connectivity index (χ0n) is 9.35. The Bertz CT molecular complexity index is 468. The predicted molar refractivity (Wildman–Crippen MR) is 62.8 cm³/mol. The van der Waals surface area contributed by atoms with E-state index in [4.69, 9.17) is 0 Å². The van der Waals surface area contributed by atoms with Crippen LogP contribution in [0.5, 0.6) is 0 Å². The highest BCUT2D eigenvalue weighted by atomic mass is 79.9. The number of nitrogens with one attached hydrogen (secondary N) is 1. The summed E-state index contributed by atoms with van der Waals surface area (Å²) < 4.78 is 4.44. The molecule has 0 aromatic carbocycles. The van der Waals surface area contributed by atoms with Crippen LogP contribution in [0, 0.1) is 0 Å². The molecule has 2 aromatic rings. The molecule has 0 amide bonds. The van der Waals surface area contributed by atoms with E-state index in [1.165, 1.54) is 0 Å². The lowest BCUT2D eigenvalue weighted by atomic mass is 10.2. The van der Waals surface area contributed by atoms with Crippen molar-refractivity contribution in [3.05, 3.63) is 28.5 Å². The van der Waals surface area contributed by atoms with Crippen molar-refractivity contribution in [2.24, 2.45) is 14.1 Å². The molecule has 86 valence electrons. The van der Waals surface area contributed by atoms with Crippen LogP contribution in [0.1, 0.15) is 17.6 Å². The lowest BCUT2D eigenvalue weighted by molar-refractivity contribution is 0.558. The second-order valence-corrected chi connectivity index (χ2v) is 4.26. The summed E-state index contributed by atoms with van der Waals surface area (Å²) in [6.07, 6.45) is 3.69. The van der Waals surface area contributed by atoms with Gasteiger partial charge in [0.05, 0.1) is 5.69 Å². The fraction of sp³-hybridized carbons (Fsp3) is 0.444. The lowest BCUT2D eigenvalue weighted by Crippen LogP contribution is -2.24. The maximum absolute atomic E-state index is 4.34. The molecule has 1 N–H and O–H groups in total. The summed E-state index contributed by atoms with van der Waals surface area (Å²) in [6, 6.07) is -0.0330. The van der Waals surface area contributed by atoms with Gasteiger partial charge in [-0.15, -0.1) is 5.10 Å². The molecule has 7 heteroatoms. The summed E-state index contributed by atoms with van der Waals surface area (Å²) in [5, 5.41) is 11.2. The normalized spacial score (nSPS) is 13.0. The van der Waals surface area contributed by atoms with Gasteiger partial charge in [0.2, 0.25) is 0 Å². The summed E-state index contributed by atoms with van der Waals surface area (Å²) in [5.74, 6) is 0.925. The predicted octanol–water partition coefficient (Wildman–Crippen LogP) is 0.620. The van der Waals surface area contributed by atoms with Gasteiger partial charge in [0.1, 0.15) is 11.9 Å². The van der Waals surface area contributed by atoms with Gasteiger partial charge in [0, 0.05) is 26.5 Å². The van der Waals surface area contributed by atoms with Gasteiger partial charge in [0.15, 0.2) is 4.60 Å². The third-order valence-electron chi connectivity index (χ3n) is 2.51. The van der Waals surface area contributed by atoms with E-state index in [1.54, 1.807) is 10.9 Å². The molecule has 0 saturated heterocycles. The number of rotatable bonds is 3. The summed E-state index contributed by atoms with van der Waals surface area (Å²) in [5.41, 5.74) is 0.955. The first-order valence-corrected chi connectivity index (χ1v) is 5.64. The monoisotopic (exact) mass is 284 g/mol. The van der Waals surface area contributed by atoms with Gasteiger partial charge < -0.3 is 9.88 Å². The second kappa shape index (κ2) is 4.34. The Labute approximate surface area is 102 Å². The van der Waals surface area contributed by atoms with Gasteiger partial charge in [-0.2, -0.15) is 0 Å². The molecule has 16 heavy (non-hydrogen) atoms. The molecule has 1 atom stereocenters. The number of nitrogens with zero attached hydrogens (tertiary/aromatic N) is 5. The van der Waals surface area contributed by atoms with Crippen LogP contribution < -0.4 is 5.32 Å². The highest BCUT2D eigenvalue weighted by Crippen LogP contribution is 2.24. The van der Waals surface area contributed by atoms with Gasteiger partial charge in [-0.3, -0.25) is 0 Å². The van der Waals surface area contributed by atoms with Crippen LogP contribution in [-0.4, -0.2) is 31.6 Å². The zero-order valence-corrected chi connectivity index (χ0v) is 10.9. The molecule has 0 bridgehead atoms. The molecular formula is C9H13BrN6. The van der Waals surface area contributed by atoms with Gasteiger partial charge >= 0.3 is 0 Å². The molecule has 0 spiro atoms. The number of imidazole rings is 1. The van der Waals surface area contributed by atoms with Crippen LogP contribution >= 0.6 is 15.9 Å². The van der Waals surface area contributed by atoms with E-state index in [2.05, 4.69) is 36.5 Å². The Kier molecular flexibility index (Phi) is 3.06. The Morgan fingerprint density at radius 2 is 2.19 bits per heavy atom. The molecule has 0 aliphatic heterocycles. The molecule has 1 unspecified atom stereocenters. The van der Waals surface area contributed by atoms with Crippen LogP contribution in [-0.2, 0) is 14.1 Å². The van der Waals surface area contributed by atoms with E-state index in [-0.39, 0.29) is 6.04 Å². The van der Waals surface area contributed by atoms with E-state index < -0.39 is 0 Å². The Balaban J connectivity index is 2.49. The van der Waals surface area contributed by atoms with Crippen molar-refractivity contribution >= 4 is 15.9 Å². The SMILES string of the molecule is CNC(c1nccn1C)c1c(Br)nnn1C. The first-order valence-electron chi connectivity index (χ1n) is 4.84. The van der Waals surface area contributed by atoms with Crippen molar-refractivity contribution in [1.82, 2.24) is 29.9 Å². The Hall–Kier alpha value is -1.21. The number of aryl methyl sites for hydroxylation is 2. The van der Waals surface area contributed by atoms with Crippen LogP contribution in [0.25, 0.3) is 0 Å². The minimum atomic E-state index is -0.0330. The number of hydrogen-bond acceptors (Lipinski definition) is 4. The van der Waals surface area contributed by atoms with Crippen LogP contribution in [0.15, 0.2) is 17.0 Å². The van der Waals surface area contributed by atoms with Crippen LogP contribution in [0.2, 0.25) is 0 Å². The van der Waals surface area contributed by atoms with E-state index in [1.807, 2.05) is 31.9 Å².